The number of hydrogen-bond acceptors (Lipinski definition) is 6. The van der Waals surface area contributed by atoms with Crippen LogP contribution in [0.15, 0.2) is 6.07 Å². The van der Waals surface area contributed by atoms with E-state index in [4.69, 9.17) is 18.8 Å². The quantitative estimate of drug-likeness (QED) is 0.622. The van der Waals surface area contributed by atoms with Gasteiger partial charge in [-0.25, -0.2) is 9.78 Å². The molecule has 1 aromatic heterocycles. The van der Waals surface area contributed by atoms with Crippen LogP contribution in [0.1, 0.15) is 43.7 Å². The molecule has 22 heavy (non-hydrogen) atoms. The van der Waals surface area contributed by atoms with Crippen molar-refractivity contribution in [3.8, 4) is 5.88 Å². The summed E-state index contributed by atoms with van der Waals surface area (Å²) in [6, 6.07) is 1.66. The minimum absolute atomic E-state index is 0.226. The molecule has 1 saturated heterocycles. The van der Waals surface area contributed by atoms with Gasteiger partial charge in [0.05, 0.1) is 25.4 Å². The Bertz CT molecular complexity index is 584. The number of aryl methyl sites for hydroxylation is 1. The average Bonchev–Trinajstić information content (AvgIpc) is 2.65. The van der Waals surface area contributed by atoms with E-state index in [1.807, 2.05) is 34.6 Å². The molecule has 0 bridgehead atoms. The molecular formula is C15H22BNO5. The summed E-state index contributed by atoms with van der Waals surface area (Å²) in [5, 5.41) is 0. The van der Waals surface area contributed by atoms with Crippen LogP contribution in [0, 0.1) is 6.92 Å². The number of nitrogens with zero attached hydrogens (tertiary/aromatic N) is 1. The molecule has 0 saturated carbocycles. The largest absolute Gasteiger partial charge is 0.496 e. The van der Waals surface area contributed by atoms with E-state index in [1.54, 1.807) is 6.07 Å². The fraction of sp³-hybridized carbons (Fsp3) is 0.600. The number of aromatic nitrogens is 1. The molecule has 120 valence electrons. The molecule has 1 aliphatic rings. The first-order valence-electron chi connectivity index (χ1n) is 7.12. The molecule has 0 N–H and O–H groups in total. The standard InChI is InChI=1S/C15H22BNO5/c1-9-11(16-21-14(2,3)15(4,5)22-16)8-10(13(18)20-7)12(17-9)19-6/h8H,1-7H3. The second-order valence-electron chi connectivity index (χ2n) is 6.30. The first-order chi connectivity index (χ1) is 10.1. The number of carbonyl (C=O) groups excluding carboxylic acids is 1. The summed E-state index contributed by atoms with van der Waals surface area (Å²) in [4.78, 5) is 16.2. The third-order valence-electron chi connectivity index (χ3n) is 4.32. The van der Waals surface area contributed by atoms with Gasteiger partial charge in [0.2, 0.25) is 5.88 Å². The maximum atomic E-state index is 11.9. The molecule has 1 fully saturated rings. The van der Waals surface area contributed by atoms with Crippen molar-refractivity contribution in [2.45, 2.75) is 45.8 Å². The van der Waals surface area contributed by atoms with Gasteiger partial charge in [0.1, 0.15) is 5.56 Å². The van der Waals surface area contributed by atoms with Crippen molar-refractivity contribution in [1.82, 2.24) is 4.98 Å². The van der Waals surface area contributed by atoms with Gasteiger partial charge in [0.15, 0.2) is 0 Å². The van der Waals surface area contributed by atoms with Crippen LogP contribution in [-0.2, 0) is 14.0 Å². The first kappa shape index (κ1) is 16.8. The molecule has 0 aliphatic carbocycles. The van der Waals surface area contributed by atoms with Crippen molar-refractivity contribution in [2.75, 3.05) is 14.2 Å². The number of ether oxygens (including phenoxy) is 2. The highest BCUT2D eigenvalue weighted by molar-refractivity contribution is 6.62. The van der Waals surface area contributed by atoms with Crippen molar-refractivity contribution in [1.29, 1.82) is 0 Å². The number of methoxy groups -OCH3 is 2. The molecule has 0 atom stereocenters. The van der Waals surface area contributed by atoms with Crippen molar-refractivity contribution < 1.29 is 23.6 Å². The lowest BCUT2D eigenvalue weighted by molar-refractivity contribution is 0.00578. The molecule has 0 spiro atoms. The van der Waals surface area contributed by atoms with Crippen LogP contribution in [0.3, 0.4) is 0 Å². The molecule has 0 radical (unpaired) electrons. The highest BCUT2D eigenvalue weighted by Crippen LogP contribution is 2.36. The van der Waals surface area contributed by atoms with E-state index in [1.165, 1.54) is 14.2 Å². The Morgan fingerprint density at radius 2 is 1.73 bits per heavy atom. The maximum absolute atomic E-state index is 11.9. The molecule has 7 heteroatoms. The van der Waals surface area contributed by atoms with Crippen LogP contribution in [0.4, 0.5) is 0 Å². The number of carbonyl (C=O) groups is 1. The zero-order valence-corrected chi connectivity index (χ0v) is 14.1. The van der Waals surface area contributed by atoms with E-state index in [9.17, 15) is 4.79 Å². The second-order valence-corrected chi connectivity index (χ2v) is 6.30. The van der Waals surface area contributed by atoms with Gasteiger partial charge < -0.3 is 18.8 Å². The zero-order valence-electron chi connectivity index (χ0n) is 14.1. The Labute approximate surface area is 131 Å². The third kappa shape index (κ3) is 2.70. The molecular weight excluding hydrogens is 285 g/mol. The Morgan fingerprint density at radius 1 is 1.18 bits per heavy atom. The van der Waals surface area contributed by atoms with E-state index in [2.05, 4.69) is 4.98 Å². The molecule has 6 nitrogen and oxygen atoms in total. The van der Waals surface area contributed by atoms with E-state index in [0.717, 1.165) is 0 Å². The number of esters is 1. The van der Waals surface area contributed by atoms with E-state index < -0.39 is 24.3 Å². The fourth-order valence-corrected chi connectivity index (χ4v) is 2.22. The Kier molecular flexibility index (Phi) is 4.23. The van der Waals surface area contributed by atoms with Crippen molar-refractivity contribution >= 4 is 18.6 Å². The fourth-order valence-electron chi connectivity index (χ4n) is 2.22. The predicted molar refractivity (Wildman–Crippen MR) is 82.6 cm³/mol. The normalized spacial score (nSPS) is 19.1. The van der Waals surface area contributed by atoms with Crippen LogP contribution in [0.2, 0.25) is 0 Å². The van der Waals surface area contributed by atoms with Gasteiger partial charge in [-0.05, 0) is 40.7 Å². The number of pyridine rings is 1. The lowest BCUT2D eigenvalue weighted by Gasteiger charge is -2.32. The summed E-state index contributed by atoms with van der Waals surface area (Å²) >= 11 is 0. The topological polar surface area (TPSA) is 66.9 Å². The predicted octanol–water partition coefficient (Wildman–Crippen LogP) is 1.48. The minimum Gasteiger partial charge on any atom is -0.480 e. The summed E-state index contributed by atoms with van der Waals surface area (Å²) in [5.74, 6) is -0.285. The van der Waals surface area contributed by atoms with E-state index in [-0.39, 0.29) is 11.4 Å². The van der Waals surface area contributed by atoms with Crippen LogP contribution >= 0.6 is 0 Å². The maximum Gasteiger partial charge on any atom is 0.496 e. The van der Waals surface area contributed by atoms with Gasteiger partial charge in [-0.1, -0.05) is 0 Å². The Hall–Kier alpha value is -1.60. The summed E-state index contributed by atoms with van der Waals surface area (Å²) in [6.07, 6.45) is 0. The molecule has 1 aliphatic heterocycles. The minimum atomic E-state index is -0.591. The number of hydrogen-bond donors (Lipinski definition) is 0. The molecule has 1 aromatic rings. The Morgan fingerprint density at radius 3 is 2.18 bits per heavy atom. The van der Waals surface area contributed by atoms with Gasteiger partial charge in [-0.15, -0.1) is 0 Å². The van der Waals surface area contributed by atoms with Crippen molar-refractivity contribution in [3.05, 3.63) is 17.3 Å². The van der Waals surface area contributed by atoms with Crippen LogP contribution in [0.5, 0.6) is 5.88 Å². The third-order valence-corrected chi connectivity index (χ3v) is 4.32. The zero-order chi connectivity index (χ0) is 16.7. The molecule has 0 aromatic carbocycles. The summed E-state index contributed by atoms with van der Waals surface area (Å²) in [6.45, 7) is 9.71. The average molecular weight is 307 g/mol. The number of rotatable bonds is 3. The van der Waals surface area contributed by atoms with Crippen molar-refractivity contribution in [2.24, 2.45) is 0 Å². The monoisotopic (exact) mass is 307 g/mol. The summed E-state index contributed by atoms with van der Waals surface area (Å²) in [5.41, 5.74) is 0.702. The smallest absolute Gasteiger partial charge is 0.480 e. The second kappa shape index (κ2) is 5.55. The highest BCUT2D eigenvalue weighted by Gasteiger charge is 2.52. The lowest BCUT2D eigenvalue weighted by Crippen LogP contribution is -2.41. The first-order valence-corrected chi connectivity index (χ1v) is 7.12. The Balaban J connectivity index is 2.47. The van der Waals surface area contributed by atoms with E-state index >= 15 is 0 Å². The van der Waals surface area contributed by atoms with Crippen LogP contribution in [-0.4, -0.2) is 43.5 Å². The molecule has 2 rings (SSSR count). The molecule has 0 unspecified atom stereocenters. The van der Waals surface area contributed by atoms with Crippen molar-refractivity contribution in [3.63, 3.8) is 0 Å². The lowest BCUT2D eigenvalue weighted by atomic mass is 9.77. The molecule has 0 amide bonds. The van der Waals surface area contributed by atoms with Gasteiger partial charge in [0, 0.05) is 11.2 Å². The van der Waals surface area contributed by atoms with E-state index in [0.29, 0.717) is 11.2 Å². The van der Waals surface area contributed by atoms with Gasteiger partial charge in [0.25, 0.3) is 0 Å². The van der Waals surface area contributed by atoms with Gasteiger partial charge >= 0.3 is 13.1 Å². The summed E-state index contributed by atoms with van der Waals surface area (Å²) < 4.78 is 22.0. The molecule has 2 heterocycles. The SMILES string of the molecule is COC(=O)c1cc(B2OC(C)(C)C(C)(C)O2)c(C)nc1OC. The summed E-state index contributed by atoms with van der Waals surface area (Å²) in [7, 11) is 2.19. The highest BCUT2D eigenvalue weighted by atomic mass is 16.7. The van der Waals surface area contributed by atoms with Crippen LogP contribution in [0.25, 0.3) is 0 Å². The van der Waals surface area contributed by atoms with Gasteiger partial charge in [-0.2, -0.15) is 0 Å². The van der Waals surface area contributed by atoms with Crippen LogP contribution < -0.4 is 10.2 Å². The van der Waals surface area contributed by atoms with Gasteiger partial charge in [-0.3, -0.25) is 0 Å².